The minimum absolute atomic E-state index is 0.0853. The molecule has 0 aliphatic rings. The number of rotatable bonds is 7. The molecular weight excluding hydrogens is 268 g/mol. The first-order valence-electron chi connectivity index (χ1n) is 4.58. The number of aliphatic carboxylic acids is 2. The van der Waals surface area contributed by atoms with Crippen molar-refractivity contribution in [3.05, 3.63) is 0 Å². The van der Waals surface area contributed by atoms with E-state index in [2.05, 4.69) is 30.7 Å². The molecule has 0 radical (unpaired) electrons. The molecule has 0 spiro atoms. The zero-order valence-corrected chi connectivity index (χ0v) is 10.8. The number of hydrazine groups is 1. The van der Waals surface area contributed by atoms with Crippen molar-refractivity contribution in [3.63, 3.8) is 0 Å². The summed E-state index contributed by atoms with van der Waals surface area (Å²) in [6.07, 6.45) is 0. The van der Waals surface area contributed by atoms with Crippen molar-refractivity contribution in [1.82, 2.24) is 10.4 Å². The number of nitrogens with one attached hydrogen (secondary N) is 1. The van der Waals surface area contributed by atoms with Gasteiger partial charge in [-0.25, -0.2) is 10.2 Å². The van der Waals surface area contributed by atoms with Gasteiger partial charge < -0.3 is 10.2 Å². The monoisotopic (exact) mass is 282 g/mol. The lowest BCUT2D eigenvalue weighted by atomic mass is 10.3. The van der Waals surface area contributed by atoms with E-state index in [0.29, 0.717) is 0 Å². The number of carboxylic acids is 2. The average molecular weight is 282 g/mol. The van der Waals surface area contributed by atoms with Crippen LogP contribution in [-0.4, -0.2) is 56.7 Å². The van der Waals surface area contributed by atoms with Crippen LogP contribution in [0.1, 0.15) is 6.92 Å². The molecule has 98 valence electrons. The maximum atomic E-state index is 11.3. The third-order valence-corrected chi connectivity index (χ3v) is 2.60. The summed E-state index contributed by atoms with van der Waals surface area (Å²) in [7, 11) is 0. The zero-order valence-electron chi connectivity index (χ0n) is 9.03. The Kier molecular flexibility index (Phi) is 7.00. The van der Waals surface area contributed by atoms with Gasteiger partial charge in [0.1, 0.15) is 6.04 Å². The lowest BCUT2D eigenvalue weighted by Crippen LogP contribution is -2.58. The number of hydrogen-bond acceptors (Lipinski definition) is 6. The van der Waals surface area contributed by atoms with E-state index < -0.39 is 29.9 Å². The molecule has 7 nitrogen and oxygen atoms in total. The first-order valence-corrected chi connectivity index (χ1v) is 5.84. The predicted molar refractivity (Wildman–Crippen MR) is 66.2 cm³/mol. The molecule has 0 saturated heterocycles. The van der Waals surface area contributed by atoms with Gasteiger partial charge in [0.2, 0.25) is 5.91 Å². The maximum Gasteiger partial charge on any atom is 0.328 e. The second kappa shape index (κ2) is 7.41. The van der Waals surface area contributed by atoms with Crippen molar-refractivity contribution in [3.8, 4) is 0 Å². The Morgan fingerprint density at radius 3 is 1.94 bits per heavy atom. The van der Waals surface area contributed by atoms with Crippen molar-refractivity contribution in [2.75, 3.05) is 11.5 Å². The van der Waals surface area contributed by atoms with Gasteiger partial charge in [-0.3, -0.25) is 14.6 Å². The van der Waals surface area contributed by atoms with Crippen molar-refractivity contribution >= 4 is 43.1 Å². The van der Waals surface area contributed by atoms with Gasteiger partial charge >= 0.3 is 11.9 Å². The number of carbonyl (C=O) groups excluding carboxylic acids is 1. The number of carbonyl (C=O) groups is 3. The van der Waals surface area contributed by atoms with Gasteiger partial charge in [0.25, 0.3) is 0 Å². The quantitative estimate of drug-likeness (QED) is 0.306. The van der Waals surface area contributed by atoms with Crippen molar-refractivity contribution in [2.45, 2.75) is 19.0 Å². The van der Waals surface area contributed by atoms with E-state index in [1.54, 1.807) is 0 Å². The number of carboxylic acid groups (broad SMARTS) is 2. The van der Waals surface area contributed by atoms with Gasteiger partial charge in [-0.1, -0.05) is 0 Å². The lowest BCUT2D eigenvalue weighted by Gasteiger charge is -2.29. The maximum absolute atomic E-state index is 11.3. The third kappa shape index (κ3) is 4.84. The molecule has 0 unspecified atom stereocenters. The summed E-state index contributed by atoms with van der Waals surface area (Å²) >= 11 is 7.61. The van der Waals surface area contributed by atoms with E-state index in [9.17, 15) is 14.4 Å². The number of thiol groups is 2. The summed E-state index contributed by atoms with van der Waals surface area (Å²) < 4.78 is 0. The Hall–Kier alpha value is -0.930. The zero-order chi connectivity index (χ0) is 13.6. The van der Waals surface area contributed by atoms with Gasteiger partial charge in [0, 0.05) is 18.4 Å². The molecule has 0 bridgehead atoms. The predicted octanol–water partition coefficient (Wildman–Crippen LogP) is -0.894. The Bertz CT molecular complexity index is 312. The molecule has 0 fully saturated rings. The fraction of sp³-hybridized carbons (Fsp3) is 0.625. The summed E-state index contributed by atoms with van der Waals surface area (Å²) in [6, 6.07) is -2.39. The van der Waals surface area contributed by atoms with Crippen LogP contribution in [-0.2, 0) is 14.4 Å². The molecule has 0 aromatic carbocycles. The highest BCUT2D eigenvalue weighted by Crippen LogP contribution is 2.02. The smallest absolute Gasteiger partial charge is 0.328 e. The first kappa shape index (κ1) is 16.1. The molecular formula is C8H14N2O5S2. The molecule has 9 heteroatoms. The molecule has 0 aliphatic carbocycles. The Morgan fingerprint density at radius 1 is 1.18 bits per heavy atom. The highest BCUT2D eigenvalue weighted by atomic mass is 32.1. The summed E-state index contributed by atoms with van der Waals surface area (Å²) in [5.41, 5.74) is 2.31. The molecule has 0 aromatic heterocycles. The largest absolute Gasteiger partial charge is 0.480 e. The Balaban J connectivity index is 4.91. The molecule has 0 rings (SSSR count). The highest BCUT2D eigenvalue weighted by molar-refractivity contribution is 7.80. The van der Waals surface area contributed by atoms with E-state index in [1.165, 1.54) is 0 Å². The van der Waals surface area contributed by atoms with Gasteiger partial charge in [0.15, 0.2) is 6.04 Å². The first-order chi connectivity index (χ1) is 7.84. The summed E-state index contributed by atoms with van der Waals surface area (Å²) in [5, 5.41) is 18.4. The summed E-state index contributed by atoms with van der Waals surface area (Å²) in [4.78, 5) is 32.9. The van der Waals surface area contributed by atoms with Gasteiger partial charge in [-0.05, 0) is 0 Å². The number of nitrogens with zero attached hydrogens (tertiary/aromatic N) is 1. The van der Waals surface area contributed by atoms with Crippen LogP contribution in [0.5, 0.6) is 0 Å². The van der Waals surface area contributed by atoms with Crippen LogP contribution in [0.3, 0.4) is 0 Å². The average Bonchev–Trinajstić information content (AvgIpc) is 2.22. The van der Waals surface area contributed by atoms with Crippen LogP contribution in [0.25, 0.3) is 0 Å². The molecule has 0 aromatic rings. The van der Waals surface area contributed by atoms with Crippen LogP contribution in [0.2, 0.25) is 0 Å². The van der Waals surface area contributed by atoms with E-state index >= 15 is 0 Å². The van der Waals surface area contributed by atoms with Crippen molar-refractivity contribution in [2.24, 2.45) is 0 Å². The van der Waals surface area contributed by atoms with Gasteiger partial charge in [-0.2, -0.15) is 25.3 Å². The molecule has 1 amide bonds. The third-order valence-electron chi connectivity index (χ3n) is 1.88. The van der Waals surface area contributed by atoms with Crippen LogP contribution in [0.15, 0.2) is 0 Å². The van der Waals surface area contributed by atoms with E-state index in [4.69, 9.17) is 10.2 Å². The van der Waals surface area contributed by atoms with Crippen LogP contribution < -0.4 is 5.43 Å². The summed E-state index contributed by atoms with van der Waals surface area (Å²) in [5.74, 6) is -3.33. The Morgan fingerprint density at radius 2 is 1.71 bits per heavy atom. The van der Waals surface area contributed by atoms with E-state index in [0.717, 1.165) is 11.9 Å². The number of hydrogen-bond donors (Lipinski definition) is 5. The second-order valence-electron chi connectivity index (χ2n) is 3.13. The van der Waals surface area contributed by atoms with Crippen molar-refractivity contribution in [1.29, 1.82) is 0 Å². The molecule has 0 aliphatic heterocycles. The molecule has 3 N–H and O–H groups in total. The highest BCUT2D eigenvalue weighted by Gasteiger charge is 2.30. The van der Waals surface area contributed by atoms with Crippen molar-refractivity contribution < 1.29 is 24.6 Å². The lowest BCUT2D eigenvalue weighted by molar-refractivity contribution is -0.154. The Labute approximate surface area is 109 Å². The molecule has 17 heavy (non-hydrogen) atoms. The van der Waals surface area contributed by atoms with Crippen LogP contribution in [0, 0.1) is 0 Å². The standard InChI is InChI=1S/C8H14N2O5S2/c1-4(11)10(6(3-17)8(14)15)9-5(2-16)7(12)13/h5-6,9,16-17H,2-3H2,1H3,(H,12,13)(H,14,15)/t5-,6-/m0/s1. The topological polar surface area (TPSA) is 107 Å². The van der Waals surface area contributed by atoms with E-state index in [1.807, 2.05) is 0 Å². The normalized spacial score (nSPS) is 13.8. The summed E-state index contributed by atoms with van der Waals surface area (Å²) in [6.45, 7) is 1.13. The minimum Gasteiger partial charge on any atom is -0.480 e. The minimum atomic E-state index is -1.27. The second-order valence-corrected chi connectivity index (χ2v) is 3.86. The van der Waals surface area contributed by atoms with Crippen LogP contribution in [0.4, 0.5) is 0 Å². The molecule has 0 saturated carbocycles. The van der Waals surface area contributed by atoms with E-state index in [-0.39, 0.29) is 11.5 Å². The SMILES string of the molecule is CC(=O)N(N[C@@H](CS)C(=O)O)[C@@H](CS)C(=O)O. The fourth-order valence-electron chi connectivity index (χ4n) is 1.01. The van der Waals surface area contributed by atoms with Gasteiger partial charge in [-0.15, -0.1) is 0 Å². The fourth-order valence-corrected chi connectivity index (χ4v) is 1.57. The van der Waals surface area contributed by atoms with Crippen LogP contribution >= 0.6 is 25.3 Å². The molecule has 0 heterocycles. The number of amides is 1. The van der Waals surface area contributed by atoms with Gasteiger partial charge in [0.05, 0.1) is 0 Å². The molecule has 2 atom stereocenters.